The van der Waals surface area contributed by atoms with Crippen molar-refractivity contribution in [3.63, 3.8) is 0 Å². The Hall–Kier alpha value is -1.30. The van der Waals surface area contributed by atoms with Crippen LogP contribution in [0.1, 0.15) is 50.5 Å². The standard InChI is InChI=1S/C20H26ClN3OS/c21-16-8-6-15(7-9-16)18-14-20(25-23-18)10-12-24(13-11-20)19(26)22-17-4-2-1-3-5-17/h6-9,14,17,23H,1-5,10-13H2,(H,22,26). The van der Waals surface area contributed by atoms with Gasteiger partial charge in [0.15, 0.2) is 5.11 Å². The summed E-state index contributed by atoms with van der Waals surface area (Å²) in [5.41, 5.74) is 5.01. The third kappa shape index (κ3) is 4.00. The van der Waals surface area contributed by atoms with E-state index in [9.17, 15) is 0 Å². The molecule has 1 aromatic rings. The van der Waals surface area contributed by atoms with Crippen molar-refractivity contribution < 1.29 is 4.84 Å². The van der Waals surface area contributed by atoms with Crippen molar-refractivity contribution in [1.82, 2.24) is 15.7 Å². The number of nitrogens with zero attached hydrogens (tertiary/aromatic N) is 1. The predicted octanol–water partition coefficient (Wildman–Crippen LogP) is 4.26. The molecule has 0 amide bonds. The van der Waals surface area contributed by atoms with E-state index in [1.165, 1.54) is 32.1 Å². The van der Waals surface area contributed by atoms with Crippen molar-refractivity contribution in [3.05, 3.63) is 40.9 Å². The van der Waals surface area contributed by atoms with E-state index in [0.717, 1.165) is 47.3 Å². The Morgan fingerprint density at radius 2 is 1.85 bits per heavy atom. The van der Waals surface area contributed by atoms with Gasteiger partial charge in [0, 0.05) is 37.0 Å². The van der Waals surface area contributed by atoms with Crippen LogP contribution >= 0.6 is 23.8 Å². The molecular formula is C20H26ClN3OS. The van der Waals surface area contributed by atoms with E-state index in [4.69, 9.17) is 28.7 Å². The third-order valence-electron chi connectivity index (χ3n) is 5.76. The molecule has 6 heteroatoms. The van der Waals surface area contributed by atoms with Gasteiger partial charge >= 0.3 is 0 Å². The molecule has 2 fully saturated rings. The maximum absolute atomic E-state index is 5.99. The summed E-state index contributed by atoms with van der Waals surface area (Å²) < 4.78 is 0. The minimum atomic E-state index is -0.230. The summed E-state index contributed by atoms with van der Waals surface area (Å²) in [5, 5.41) is 5.24. The fourth-order valence-electron chi connectivity index (χ4n) is 4.10. The van der Waals surface area contributed by atoms with Crippen molar-refractivity contribution in [3.8, 4) is 0 Å². The highest BCUT2D eigenvalue weighted by Gasteiger charge is 2.39. The lowest BCUT2D eigenvalue weighted by molar-refractivity contribution is -0.0618. The van der Waals surface area contributed by atoms with E-state index in [1.54, 1.807) is 0 Å². The molecule has 3 aliphatic rings. The van der Waals surface area contributed by atoms with Crippen LogP contribution in [0.15, 0.2) is 30.3 Å². The second-order valence-electron chi connectivity index (χ2n) is 7.61. The molecule has 1 saturated heterocycles. The number of rotatable bonds is 2. The summed E-state index contributed by atoms with van der Waals surface area (Å²) in [4.78, 5) is 8.29. The van der Waals surface area contributed by atoms with Gasteiger partial charge in [0.2, 0.25) is 0 Å². The van der Waals surface area contributed by atoms with E-state index >= 15 is 0 Å². The van der Waals surface area contributed by atoms with Gasteiger partial charge in [-0.3, -0.25) is 10.3 Å². The summed E-state index contributed by atoms with van der Waals surface area (Å²) in [6, 6.07) is 8.40. The highest BCUT2D eigenvalue weighted by atomic mass is 35.5. The Labute approximate surface area is 165 Å². The van der Waals surface area contributed by atoms with E-state index in [0.29, 0.717) is 6.04 Å². The molecule has 2 N–H and O–H groups in total. The molecule has 2 aliphatic heterocycles. The first kappa shape index (κ1) is 18.1. The van der Waals surface area contributed by atoms with Crippen molar-refractivity contribution in [1.29, 1.82) is 0 Å². The number of hydrogen-bond donors (Lipinski definition) is 2. The van der Waals surface area contributed by atoms with Crippen LogP contribution in [0.25, 0.3) is 5.70 Å². The van der Waals surface area contributed by atoms with Crippen LogP contribution in [0.4, 0.5) is 0 Å². The highest BCUT2D eigenvalue weighted by molar-refractivity contribution is 7.80. The van der Waals surface area contributed by atoms with Crippen LogP contribution in [-0.2, 0) is 4.84 Å². The van der Waals surface area contributed by atoms with Crippen LogP contribution in [-0.4, -0.2) is 34.7 Å². The number of likely N-dealkylation sites (tertiary alicyclic amines) is 1. The molecule has 2 heterocycles. The molecule has 0 unspecified atom stereocenters. The molecular weight excluding hydrogens is 366 g/mol. The smallest absolute Gasteiger partial charge is 0.169 e. The Morgan fingerprint density at radius 3 is 2.54 bits per heavy atom. The average Bonchev–Trinajstić information content (AvgIpc) is 3.07. The highest BCUT2D eigenvalue weighted by Crippen LogP contribution is 2.35. The summed E-state index contributed by atoms with van der Waals surface area (Å²) >= 11 is 11.6. The minimum Gasteiger partial charge on any atom is -0.360 e. The van der Waals surface area contributed by atoms with E-state index in [-0.39, 0.29) is 5.60 Å². The molecule has 4 rings (SSSR count). The van der Waals surface area contributed by atoms with Crippen LogP contribution in [0.3, 0.4) is 0 Å². The first-order valence-corrected chi connectivity index (χ1v) is 10.4. The van der Waals surface area contributed by atoms with Crippen LogP contribution < -0.4 is 10.8 Å². The Morgan fingerprint density at radius 1 is 1.15 bits per heavy atom. The van der Waals surface area contributed by atoms with Crippen molar-refractivity contribution in [2.24, 2.45) is 0 Å². The zero-order valence-corrected chi connectivity index (χ0v) is 16.5. The second-order valence-corrected chi connectivity index (χ2v) is 8.43. The molecule has 0 radical (unpaired) electrons. The first-order chi connectivity index (χ1) is 12.6. The summed E-state index contributed by atoms with van der Waals surface area (Å²) in [6.45, 7) is 1.84. The lowest BCUT2D eigenvalue weighted by atomic mass is 9.90. The third-order valence-corrected chi connectivity index (χ3v) is 6.38. The molecule has 1 spiro atoms. The zero-order chi connectivity index (χ0) is 18.0. The fourth-order valence-corrected chi connectivity index (χ4v) is 4.57. The van der Waals surface area contributed by atoms with Gasteiger partial charge in [-0.2, -0.15) is 0 Å². The van der Waals surface area contributed by atoms with Gasteiger partial charge in [-0.25, -0.2) is 0 Å². The van der Waals surface area contributed by atoms with Crippen LogP contribution in [0, 0.1) is 0 Å². The maximum atomic E-state index is 5.99. The summed E-state index contributed by atoms with van der Waals surface area (Å²) in [5.74, 6) is 0. The van der Waals surface area contributed by atoms with Gasteiger partial charge in [-0.15, -0.1) is 0 Å². The average molecular weight is 392 g/mol. The SMILES string of the molecule is S=C(NC1CCCCC1)N1CCC2(C=C(c3ccc(Cl)cc3)NO2)CC1. The second kappa shape index (κ2) is 7.75. The molecule has 0 aromatic heterocycles. The van der Waals surface area contributed by atoms with Gasteiger partial charge in [-0.1, -0.05) is 43.0 Å². The normalized spacial score (nSPS) is 22.8. The van der Waals surface area contributed by atoms with Gasteiger partial charge in [0.1, 0.15) is 5.60 Å². The topological polar surface area (TPSA) is 36.5 Å². The quantitative estimate of drug-likeness (QED) is 0.737. The van der Waals surface area contributed by atoms with Crippen molar-refractivity contribution in [2.45, 2.75) is 56.6 Å². The Kier molecular flexibility index (Phi) is 5.39. The molecule has 140 valence electrons. The van der Waals surface area contributed by atoms with Gasteiger partial charge in [-0.05, 0) is 48.8 Å². The van der Waals surface area contributed by atoms with E-state index < -0.39 is 0 Å². The zero-order valence-electron chi connectivity index (χ0n) is 15.0. The largest absolute Gasteiger partial charge is 0.360 e. The number of piperidine rings is 1. The monoisotopic (exact) mass is 391 g/mol. The van der Waals surface area contributed by atoms with Crippen LogP contribution in [0.2, 0.25) is 5.02 Å². The molecule has 0 bridgehead atoms. The Balaban J connectivity index is 1.34. The minimum absolute atomic E-state index is 0.230. The number of nitrogens with one attached hydrogen (secondary N) is 2. The van der Waals surface area contributed by atoms with Gasteiger partial charge in [0.25, 0.3) is 0 Å². The van der Waals surface area contributed by atoms with Crippen molar-refractivity contribution in [2.75, 3.05) is 13.1 Å². The number of benzene rings is 1. The lowest BCUT2D eigenvalue weighted by Crippen LogP contribution is -2.51. The molecule has 0 atom stereocenters. The molecule has 1 aromatic carbocycles. The molecule has 1 saturated carbocycles. The maximum Gasteiger partial charge on any atom is 0.169 e. The molecule has 26 heavy (non-hydrogen) atoms. The molecule has 4 nitrogen and oxygen atoms in total. The number of hydroxylamine groups is 1. The van der Waals surface area contributed by atoms with Gasteiger partial charge < -0.3 is 10.2 Å². The number of thiocarbonyl (C=S) groups is 1. The predicted molar refractivity (Wildman–Crippen MR) is 110 cm³/mol. The van der Waals surface area contributed by atoms with Crippen LogP contribution in [0.5, 0.6) is 0 Å². The lowest BCUT2D eigenvalue weighted by Gasteiger charge is -2.39. The van der Waals surface area contributed by atoms with Crippen molar-refractivity contribution >= 4 is 34.6 Å². The van der Waals surface area contributed by atoms with E-state index in [1.807, 2.05) is 24.3 Å². The first-order valence-electron chi connectivity index (χ1n) is 9.62. The summed E-state index contributed by atoms with van der Waals surface area (Å²) in [7, 11) is 0. The number of hydrogen-bond acceptors (Lipinski definition) is 3. The van der Waals surface area contributed by atoms with Gasteiger partial charge in [0.05, 0.1) is 5.70 Å². The Bertz CT molecular complexity index is 677. The van der Waals surface area contributed by atoms with E-state index in [2.05, 4.69) is 21.8 Å². The molecule has 1 aliphatic carbocycles. The summed E-state index contributed by atoms with van der Waals surface area (Å²) in [6.07, 6.45) is 10.6. The fraction of sp³-hybridized carbons (Fsp3) is 0.550. The number of halogens is 1.